The number of benzene rings is 1. The number of aromatic nitrogens is 2. The molecule has 2 heterocycles. The fourth-order valence-corrected chi connectivity index (χ4v) is 4.73. The summed E-state index contributed by atoms with van der Waals surface area (Å²) >= 11 is 0. The van der Waals surface area contributed by atoms with Gasteiger partial charge in [0, 0.05) is 24.7 Å². The SMILES string of the molecule is CC1(N2CCC(n3c(=O)[nH]c4ccccc43)CC2)CCCCC1.Cl. The maximum atomic E-state index is 12.4. The van der Waals surface area contributed by atoms with Crippen LogP contribution in [0.25, 0.3) is 11.0 Å². The molecule has 1 aromatic heterocycles. The Morgan fingerprint density at radius 1 is 1.08 bits per heavy atom. The van der Waals surface area contributed by atoms with Gasteiger partial charge in [0.2, 0.25) is 0 Å². The maximum Gasteiger partial charge on any atom is 0.326 e. The van der Waals surface area contributed by atoms with Crippen LogP contribution in [0.2, 0.25) is 0 Å². The molecule has 2 fully saturated rings. The first-order chi connectivity index (χ1) is 11.2. The number of nitrogens with one attached hydrogen (secondary N) is 1. The van der Waals surface area contributed by atoms with E-state index in [2.05, 4.69) is 22.9 Å². The largest absolute Gasteiger partial charge is 0.326 e. The third-order valence-electron chi connectivity index (χ3n) is 6.15. The van der Waals surface area contributed by atoms with E-state index in [1.165, 1.54) is 32.1 Å². The number of fused-ring (bicyclic) bond motifs is 1. The highest BCUT2D eigenvalue weighted by molar-refractivity contribution is 5.85. The quantitative estimate of drug-likeness (QED) is 0.886. The number of H-pyrrole nitrogens is 1. The molecule has 132 valence electrons. The molecule has 1 aromatic carbocycles. The molecule has 1 saturated carbocycles. The average Bonchev–Trinajstić information content (AvgIpc) is 2.91. The standard InChI is InChI=1S/C19H27N3O.ClH/c1-19(11-5-2-6-12-19)21-13-9-15(10-14-21)22-17-8-4-3-7-16(17)20-18(22)23;/h3-4,7-8,15H,2,5-6,9-14H2,1H3,(H,20,23);1H. The number of halogens is 1. The Morgan fingerprint density at radius 3 is 2.46 bits per heavy atom. The van der Waals surface area contributed by atoms with Gasteiger partial charge in [-0.3, -0.25) is 9.47 Å². The molecule has 24 heavy (non-hydrogen) atoms. The minimum Gasteiger partial charge on any atom is -0.306 e. The third-order valence-corrected chi connectivity index (χ3v) is 6.15. The van der Waals surface area contributed by atoms with Gasteiger partial charge in [0.1, 0.15) is 0 Å². The first kappa shape index (κ1) is 17.6. The lowest BCUT2D eigenvalue weighted by atomic mass is 9.80. The summed E-state index contributed by atoms with van der Waals surface area (Å²) in [6, 6.07) is 8.38. The Labute approximate surface area is 149 Å². The zero-order valence-corrected chi connectivity index (χ0v) is 15.3. The molecule has 1 aliphatic heterocycles. The predicted molar refractivity (Wildman–Crippen MR) is 101 cm³/mol. The number of likely N-dealkylation sites (tertiary alicyclic amines) is 1. The lowest BCUT2D eigenvalue weighted by molar-refractivity contribution is 0.0360. The first-order valence-electron chi connectivity index (χ1n) is 9.12. The molecule has 2 aliphatic rings. The second-order valence-corrected chi connectivity index (χ2v) is 7.59. The Morgan fingerprint density at radius 2 is 1.75 bits per heavy atom. The molecular formula is C19H28ClN3O. The Balaban J connectivity index is 0.00000169. The topological polar surface area (TPSA) is 41.0 Å². The summed E-state index contributed by atoms with van der Waals surface area (Å²) in [4.78, 5) is 18.1. The molecule has 0 spiro atoms. The molecule has 1 N–H and O–H groups in total. The van der Waals surface area contributed by atoms with Crippen molar-refractivity contribution in [3.8, 4) is 0 Å². The van der Waals surface area contributed by atoms with Crippen LogP contribution in [-0.4, -0.2) is 33.1 Å². The highest BCUT2D eigenvalue weighted by Crippen LogP contribution is 2.36. The van der Waals surface area contributed by atoms with Crippen LogP contribution in [0.5, 0.6) is 0 Å². The van der Waals surface area contributed by atoms with Crippen molar-refractivity contribution in [2.45, 2.75) is 63.5 Å². The van der Waals surface area contributed by atoms with Gasteiger partial charge in [0.25, 0.3) is 0 Å². The fraction of sp³-hybridized carbons (Fsp3) is 0.632. The van der Waals surface area contributed by atoms with Gasteiger partial charge in [-0.25, -0.2) is 4.79 Å². The van der Waals surface area contributed by atoms with Crippen molar-refractivity contribution < 1.29 is 0 Å². The number of rotatable bonds is 2. The highest BCUT2D eigenvalue weighted by Gasteiger charge is 2.36. The number of hydrogen-bond donors (Lipinski definition) is 1. The molecule has 1 saturated heterocycles. The maximum absolute atomic E-state index is 12.4. The van der Waals surface area contributed by atoms with Crippen molar-refractivity contribution in [3.05, 3.63) is 34.7 Å². The first-order valence-corrected chi connectivity index (χ1v) is 9.12. The van der Waals surface area contributed by atoms with Gasteiger partial charge in [0.15, 0.2) is 0 Å². The van der Waals surface area contributed by atoms with E-state index in [0.29, 0.717) is 11.6 Å². The number of nitrogens with zero attached hydrogens (tertiary/aromatic N) is 2. The van der Waals surface area contributed by atoms with Crippen molar-refractivity contribution in [3.63, 3.8) is 0 Å². The van der Waals surface area contributed by atoms with Crippen LogP contribution in [0.1, 0.15) is 57.9 Å². The lowest BCUT2D eigenvalue weighted by Crippen LogP contribution is -2.51. The zero-order valence-electron chi connectivity index (χ0n) is 14.5. The van der Waals surface area contributed by atoms with Crippen LogP contribution in [-0.2, 0) is 0 Å². The predicted octanol–water partition coefficient (Wildman–Crippen LogP) is 4.11. The van der Waals surface area contributed by atoms with Gasteiger partial charge in [-0.05, 0) is 44.7 Å². The van der Waals surface area contributed by atoms with E-state index in [1.54, 1.807) is 0 Å². The van der Waals surface area contributed by atoms with Crippen molar-refractivity contribution in [2.75, 3.05) is 13.1 Å². The summed E-state index contributed by atoms with van der Waals surface area (Å²) in [7, 11) is 0. The van der Waals surface area contributed by atoms with E-state index in [0.717, 1.165) is 37.0 Å². The second-order valence-electron chi connectivity index (χ2n) is 7.59. The summed E-state index contributed by atoms with van der Waals surface area (Å²) < 4.78 is 2.00. The van der Waals surface area contributed by atoms with E-state index >= 15 is 0 Å². The van der Waals surface area contributed by atoms with Gasteiger partial charge in [-0.15, -0.1) is 12.4 Å². The summed E-state index contributed by atoms with van der Waals surface area (Å²) in [5.41, 5.74) is 2.46. The van der Waals surface area contributed by atoms with Crippen molar-refractivity contribution in [1.29, 1.82) is 0 Å². The minimum atomic E-state index is 0. The van der Waals surface area contributed by atoms with E-state index in [1.807, 2.05) is 22.8 Å². The van der Waals surface area contributed by atoms with Crippen LogP contribution in [0.3, 0.4) is 0 Å². The Hall–Kier alpha value is -1.26. The molecule has 0 bridgehead atoms. The number of hydrogen-bond acceptors (Lipinski definition) is 2. The summed E-state index contributed by atoms with van der Waals surface area (Å²) in [5, 5.41) is 0. The van der Waals surface area contributed by atoms with Crippen molar-refractivity contribution in [1.82, 2.24) is 14.5 Å². The Bertz CT molecular complexity index is 736. The minimum absolute atomic E-state index is 0. The summed E-state index contributed by atoms with van der Waals surface area (Å²) in [6.45, 7) is 4.69. The van der Waals surface area contributed by atoms with E-state index in [4.69, 9.17) is 0 Å². The number of para-hydroxylation sites is 2. The molecule has 1 aliphatic carbocycles. The van der Waals surface area contributed by atoms with Crippen molar-refractivity contribution >= 4 is 23.4 Å². The normalized spacial score (nSPS) is 22.4. The molecule has 2 aromatic rings. The number of imidazole rings is 1. The molecule has 0 amide bonds. The monoisotopic (exact) mass is 349 g/mol. The summed E-state index contributed by atoms with van der Waals surface area (Å²) in [6.07, 6.45) is 8.98. The van der Waals surface area contributed by atoms with Crippen molar-refractivity contribution in [2.24, 2.45) is 0 Å². The van der Waals surface area contributed by atoms with Crippen LogP contribution in [0.4, 0.5) is 0 Å². The van der Waals surface area contributed by atoms with E-state index < -0.39 is 0 Å². The van der Waals surface area contributed by atoms with Crippen LogP contribution < -0.4 is 5.69 Å². The highest BCUT2D eigenvalue weighted by atomic mass is 35.5. The van der Waals surface area contributed by atoms with Gasteiger partial charge in [0.05, 0.1) is 11.0 Å². The van der Waals surface area contributed by atoms with Gasteiger partial charge < -0.3 is 4.98 Å². The van der Waals surface area contributed by atoms with Crippen LogP contribution in [0.15, 0.2) is 29.1 Å². The fourth-order valence-electron chi connectivity index (χ4n) is 4.73. The van der Waals surface area contributed by atoms with E-state index in [-0.39, 0.29) is 18.1 Å². The molecule has 0 unspecified atom stereocenters. The smallest absolute Gasteiger partial charge is 0.306 e. The second kappa shape index (κ2) is 6.93. The molecule has 5 heteroatoms. The Kier molecular flexibility index (Phi) is 5.07. The third kappa shape index (κ3) is 3.02. The zero-order chi connectivity index (χ0) is 15.9. The molecule has 4 rings (SSSR count). The number of aromatic amines is 1. The van der Waals surface area contributed by atoms with Gasteiger partial charge >= 0.3 is 5.69 Å². The van der Waals surface area contributed by atoms with E-state index in [9.17, 15) is 4.79 Å². The lowest BCUT2D eigenvalue weighted by Gasteiger charge is -2.47. The van der Waals surface area contributed by atoms with Crippen LogP contribution >= 0.6 is 12.4 Å². The van der Waals surface area contributed by atoms with Gasteiger partial charge in [-0.2, -0.15) is 0 Å². The molecule has 4 nitrogen and oxygen atoms in total. The molecule has 0 atom stereocenters. The molecular weight excluding hydrogens is 322 g/mol. The number of piperidine rings is 1. The molecule has 0 radical (unpaired) electrons. The van der Waals surface area contributed by atoms with Gasteiger partial charge in [-0.1, -0.05) is 31.4 Å². The average molecular weight is 350 g/mol. The van der Waals surface area contributed by atoms with Crippen LogP contribution in [0, 0.1) is 0 Å². The summed E-state index contributed by atoms with van der Waals surface area (Å²) in [5.74, 6) is 0.